The van der Waals surface area contributed by atoms with Gasteiger partial charge in [-0.05, 0) is 24.1 Å². The molecule has 0 fully saturated rings. The predicted octanol–water partition coefficient (Wildman–Crippen LogP) is 3.03. The minimum absolute atomic E-state index is 0.483. The van der Waals surface area contributed by atoms with E-state index in [9.17, 15) is 9.90 Å². The van der Waals surface area contributed by atoms with Gasteiger partial charge in [-0.1, -0.05) is 48.5 Å². The first-order valence-electron chi connectivity index (χ1n) is 7.75. The molecule has 1 aliphatic heterocycles. The van der Waals surface area contributed by atoms with Crippen molar-refractivity contribution in [2.24, 2.45) is 0 Å². The maximum Gasteiger partial charge on any atom is 0.321 e. The lowest BCUT2D eigenvalue weighted by atomic mass is 9.80. The van der Waals surface area contributed by atoms with Crippen molar-refractivity contribution in [3.05, 3.63) is 71.4 Å². The van der Waals surface area contributed by atoms with Crippen LogP contribution in [0.5, 0.6) is 0 Å². The zero-order valence-electron chi connectivity index (χ0n) is 12.8. The van der Waals surface area contributed by atoms with E-state index in [0.717, 1.165) is 27.7 Å². The van der Waals surface area contributed by atoms with E-state index in [0.29, 0.717) is 6.42 Å². The lowest BCUT2D eigenvalue weighted by Crippen LogP contribution is -2.54. The summed E-state index contributed by atoms with van der Waals surface area (Å²) in [5.41, 5.74) is 3.70. The van der Waals surface area contributed by atoms with Crippen LogP contribution in [0.25, 0.3) is 10.9 Å². The Morgan fingerprint density at radius 2 is 1.83 bits per heavy atom. The highest BCUT2D eigenvalue weighted by molar-refractivity contribution is 5.87. The average Bonchev–Trinajstić information content (AvgIpc) is 2.95. The maximum absolute atomic E-state index is 11.7. The van der Waals surface area contributed by atoms with Gasteiger partial charge in [0.1, 0.15) is 6.04 Å². The number of para-hydroxylation sites is 1. The minimum atomic E-state index is -0.817. The number of carboxylic acids is 1. The average molecular weight is 306 g/mol. The highest BCUT2D eigenvalue weighted by atomic mass is 16.4. The van der Waals surface area contributed by atoms with Gasteiger partial charge in [0.05, 0.1) is 5.54 Å². The fourth-order valence-corrected chi connectivity index (χ4v) is 3.66. The van der Waals surface area contributed by atoms with Crippen molar-refractivity contribution in [2.45, 2.75) is 24.9 Å². The van der Waals surface area contributed by atoms with Crippen molar-refractivity contribution in [2.75, 3.05) is 0 Å². The van der Waals surface area contributed by atoms with E-state index in [1.807, 2.05) is 55.5 Å². The number of nitrogens with one attached hydrogen (secondary N) is 2. The van der Waals surface area contributed by atoms with E-state index in [1.54, 1.807) is 0 Å². The summed E-state index contributed by atoms with van der Waals surface area (Å²) < 4.78 is 0. The summed E-state index contributed by atoms with van der Waals surface area (Å²) in [6.07, 6.45) is 0.483. The van der Waals surface area contributed by atoms with E-state index in [-0.39, 0.29) is 0 Å². The zero-order valence-corrected chi connectivity index (χ0v) is 12.8. The van der Waals surface area contributed by atoms with E-state index < -0.39 is 17.6 Å². The summed E-state index contributed by atoms with van der Waals surface area (Å²) in [7, 11) is 0. The Morgan fingerprint density at radius 1 is 1.13 bits per heavy atom. The van der Waals surface area contributed by atoms with Crippen molar-refractivity contribution in [3.8, 4) is 0 Å². The quantitative estimate of drug-likeness (QED) is 0.682. The summed E-state index contributed by atoms with van der Waals surface area (Å²) >= 11 is 0. The van der Waals surface area contributed by atoms with Gasteiger partial charge in [0, 0.05) is 23.0 Å². The highest BCUT2D eigenvalue weighted by Crippen LogP contribution is 2.39. The van der Waals surface area contributed by atoms with Crippen LogP contribution in [-0.2, 0) is 16.8 Å². The Bertz CT molecular complexity index is 885. The molecular weight excluding hydrogens is 288 g/mol. The summed E-state index contributed by atoms with van der Waals surface area (Å²) in [6.45, 7) is 2.05. The number of hydrogen-bond acceptors (Lipinski definition) is 2. The number of H-pyrrole nitrogens is 1. The zero-order chi connectivity index (χ0) is 16.0. The molecule has 0 saturated carbocycles. The first-order chi connectivity index (χ1) is 11.1. The van der Waals surface area contributed by atoms with Gasteiger partial charge in [-0.15, -0.1) is 0 Å². The standard InChI is InChI=1S/C19H18N2O2/c1-19(12-7-3-2-4-8-12)17-14(11-16(21-19)18(22)23)13-9-5-6-10-15(13)20-17/h2-10,16,20-21H,11H2,1H3,(H,22,23). The topological polar surface area (TPSA) is 65.1 Å². The van der Waals surface area contributed by atoms with Crippen LogP contribution in [0.1, 0.15) is 23.7 Å². The van der Waals surface area contributed by atoms with Crippen LogP contribution in [0.2, 0.25) is 0 Å². The van der Waals surface area contributed by atoms with E-state index in [4.69, 9.17) is 0 Å². The van der Waals surface area contributed by atoms with Gasteiger partial charge in [-0.3, -0.25) is 10.1 Å². The number of aromatic amines is 1. The Balaban J connectivity index is 1.99. The van der Waals surface area contributed by atoms with E-state index in [1.165, 1.54) is 0 Å². The molecule has 2 aromatic carbocycles. The van der Waals surface area contributed by atoms with Crippen molar-refractivity contribution in [3.63, 3.8) is 0 Å². The molecule has 3 N–H and O–H groups in total. The van der Waals surface area contributed by atoms with Crippen LogP contribution in [0.4, 0.5) is 0 Å². The van der Waals surface area contributed by atoms with Crippen LogP contribution in [-0.4, -0.2) is 22.1 Å². The smallest absolute Gasteiger partial charge is 0.321 e. The molecule has 2 heterocycles. The molecular formula is C19H18N2O2. The third kappa shape index (κ3) is 2.06. The van der Waals surface area contributed by atoms with Gasteiger partial charge in [0.2, 0.25) is 0 Å². The second-order valence-corrected chi connectivity index (χ2v) is 6.25. The van der Waals surface area contributed by atoms with Crippen LogP contribution in [0, 0.1) is 0 Å². The molecule has 0 amide bonds. The van der Waals surface area contributed by atoms with E-state index in [2.05, 4.69) is 16.4 Å². The lowest BCUT2D eigenvalue weighted by Gasteiger charge is -2.39. The number of rotatable bonds is 2. The van der Waals surface area contributed by atoms with Crippen molar-refractivity contribution >= 4 is 16.9 Å². The Kier molecular flexibility index (Phi) is 3.03. The van der Waals surface area contributed by atoms with Gasteiger partial charge in [0.25, 0.3) is 0 Å². The molecule has 4 heteroatoms. The fraction of sp³-hybridized carbons (Fsp3) is 0.211. The van der Waals surface area contributed by atoms with Crippen molar-refractivity contribution < 1.29 is 9.90 Å². The molecule has 0 saturated heterocycles. The molecule has 23 heavy (non-hydrogen) atoms. The molecule has 2 unspecified atom stereocenters. The van der Waals surface area contributed by atoms with Crippen molar-refractivity contribution in [1.82, 2.24) is 10.3 Å². The number of carboxylic acid groups (broad SMARTS) is 1. The van der Waals surface area contributed by atoms with Gasteiger partial charge in [-0.2, -0.15) is 0 Å². The molecule has 0 aliphatic carbocycles. The Morgan fingerprint density at radius 3 is 2.57 bits per heavy atom. The molecule has 3 aromatic rings. The van der Waals surface area contributed by atoms with Crippen LogP contribution in [0.15, 0.2) is 54.6 Å². The number of carbonyl (C=O) groups is 1. The monoisotopic (exact) mass is 306 g/mol. The summed E-state index contributed by atoms with van der Waals surface area (Å²) in [4.78, 5) is 15.2. The van der Waals surface area contributed by atoms with Gasteiger partial charge >= 0.3 is 5.97 Å². The number of fused-ring (bicyclic) bond motifs is 3. The van der Waals surface area contributed by atoms with Gasteiger partial charge in [0.15, 0.2) is 0 Å². The normalized spacial score (nSPS) is 23.6. The third-order valence-electron chi connectivity index (χ3n) is 4.83. The van der Waals surface area contributed by atoms with Gasteiger partial charge < -0.3 is 10.1 Å². The molecule has 4 rings (SSSR count). The fourth-order valence-electron chi connectivity index (χ4n) is 3.66. The molecule has 4 nitrogen and oxygen atoms in total. The number of hydrogen-bond donors (Lipinski definition) is 3. The summed E-state index contributed by atoms with van der Waals surface area (Å²) in [6, 6.07) is 17.5. The SMILES string of the molecule is CC1(c2ccccc2)NC(C(=O)O)Cc2c1[nH]c1ccccc21. The highest BCUT2D eigenvalue weighted by Gasteiger charge is 2.41. The Hall–Kier alpha value is -2.59. The molecule has 116 valence electrons. The molecule has 0 spiro atoms. The molecule has 1 aliphatic rings. The van der Waals surface area contributed by atoms with Crippen LogP contribution in [0.3, 0.4) is 0 Å². The van der Waals surface area contributed by atoms with E-state index >= 15 is 0 Å². The van der Waals surface area contributed by atoms with Crippen LogP contribution < -0.4 is 5.32 Å². The first-order valence-corrected chi connectivity index (χ1v) is 7.75. The molecule has 1 aromatic heterocycles. The summed E-state index contributed by atoms with van der Waals surface area (Å²) in [5, 5.41) is 14.0. The Labute approximate surface area is 134 Å². The summed E-state index contributed by atoms with van der Waals surface area (Å²) in [5.74, 6) is -0.817. The van der Waals surface area contributed by atoms with Crippen LogP contribution >= 0.6 is 0 Å². The largest absolute Gasteiger partial charge is 0.480 e. The molecule has 2 atom stereocenters. The molecule has 0 bridgehead atoms. The maximum atomic E-state index is 11.7. The third-order valence-corrected chi connectivity index (χ3v) is 4.83. The molecule has 0 radical (unpaired) electrons. The first kappa shape index (κ1) is 14.0. The second kappa shape index (κ2) is 4.96. The number of aliphatic carboxylic acids is 1. The number of aromatic nitrogens is 1. The predicted molar refractivity (Wildman–Crippen MR) is 89.5 cm³/mol. The minimum Gasteiger partial charge on any atom is -0.480 e. The lowest BCUT2D eigenvalue weighted by molar-refractivity contribution is -0.140. The van der Waals surface area contributed by atoms with Gasteiger partial charge in [-0.25, -0.2) is 0 Å². The van der Waals surface area contributed by atoms with Crippen molar-refractivity contribution in [1.29, 1.82) is 0 Å². The number of benzene rings is 2. The second-order valence-electron chi connectivity index (χ2n) is 6.25.